The molecule has 1 heterocycles. The zero-order chi connectivity index (χ0) is 14.9. The number of benzene rings is 2. The van der Waals surface area contributed by atoms with Crippen molar-refractivity contribution in [3.05, 3.63) is 70.5 Å². The minimum absolute atomic E-state index is 0.215. The molecule has 4 heteroatoms. The summed E-state index contributed by atoms with van der Waals surface area (Å²) in [7, 11) is 0. The van der Waals surface area contributed by atoms with Crippen molar-refractivity contribution >= 4 is 17.6 Å². The summed E-state index contributed by atoms with van der Waals surface area (Å²) in [5.74, 6) is -0.516. The van der Waals surface area contributed by atoms with Crippen molar-refractivity contribution in [2.45, 2.75) is 24.9 Å². The van der Waals surface area contributed by atoms with Crippen LogP contribution in [0.25, 0.3) is 0 Å². The number of carbonyl (C=O) groups is 1. The molecular formula is C17H14ClFO2. The molecule has 2 nitrogen and oxygen atoms in total. The molecule has 1 saturated heterocycles. The van der Waals surface area contributed by atoms with Crippen molar-refractivity contribution in [1.82, 2.24) is 0 Å². The standard InChI is InChI=1S/C17H14ClFO2/c18-14-5-1-12(2-6-14)11-17(10-9-16(20)21-17)13-3-7-15(19)8-4-13/h1-8H,9-11H2. The van der Waals surface area contributed by atoms with Crippen LogP contribution >= 0.6 is 11.6 Å². The van der Waals surface area contributed by atoms with Gasteiger partial charge in [0.05, 0.1) is 0 Å². The summed E-state index contributed by atoms with van der Waals surface area (Å²) in [6.07, 6.45) is 1.53. The molecule has 1 fully saturated rings. The van der Waals surface area contributed by atoms with E-state index in [1.165, 1.54) is 12.1 Å². The number of ether oxygens (including phenoxy) is 1. The zero-order valence-corrected chi connectivity index (χ0v) is 12.1. The highest BCUT2D eigenvalue weighted by atomic mass is 35.5. The topological polar surface area (TPSA) is 26.3 Å². The molecule has 21 heavy (non-hydrogen) atoms. The van der Waals surface area contributed by atoms with Gasteiger partial charge >= 0.3 is 5.97 Å². The third-order valence-electron chi connectivity index (χ3n) is 3.82. The maximum Gasteiger partial charge on any atom is 0.306 e. The fourth-order valence-corrected chi connectivity index (χ4v) is 2.87. The lowest BCUT2D eigenvalue weighted by Crippen LogP contribution is -2.28. The predicted molar refractivity (Wildman–Crippen MR) is 78.6 cm³/mol. The van der Waals surface area contributed by atoms with Gasteiger partial charge in [-0.1, -0.05) is 35.9 Å². The Morgan fingerprint density at radius 1 is 1.10 bits per heavy atom. The van der Waals surface area contributed by atoms with Crippen molar-refractivity contribution in [1.29, 1.82) is 0 Å². The second-order valence-electron chi connectivity index (χ2n) is 5.28. The van der Waals surface area contributed by atoms with E-state index in [1.807, 2.05) is 24.3 Å². The fraction of sp³-hybridized carbons (Fsp3) is 0.235. The molecule has 1 unspecified atom stereocenters. The third kappa shape index (κ3) is 2.93. The summed E-state index contributed by atoms with van der Waals surface area (Å²) in [4.78, 5) is 11.6. The Morgan fingerprint density at radius 3 is 2.33 bits per heavy atom. The molecule has 1 aliphatic heterocycles. The average molecular weight is 305 g/mol. The highest BCUT2D eigenvalue weighted by Crippen LogP contribution is 2.40. The van der Waals surface area contributed by atoms with Crippen LogP contribution in [0.1, 0.15) is 24.0 Å². The molecule has 1 atom stereocenters. The summed E-state index contributed by atoms with van der Waals surface area (Å²) in [6.45, 7) is 0. The SMILES string of the molecule is O=C1CCC(Cc2ccc(Cl)cc2)(c2ccc(F)cc2)O1. The second kappa shape index (κ2) is 5.49. The van der Waals surface area contributed by atoms with E-state index < -0.39 is 5.60 Å². The Bertz CT molecular complexity index is 651. The molecule has 0 aliphatic carbocycles. The monoisotopic (exact) mass is 304 g/mol. The highest BCUT2D eigenvalue weighted by molar-refractivity contribution is 6.30. The molecule has 0 N–H and O–H groups in total. The Morgan fingerprint density at radius 2 is 1.76 bits per heavy atom. The zero-order valence-electron chi connectivity index (χ0n) is 11.3. The first-order chi connectivity index (χ1) is 10.1. The molecule has 0 amide bonds. The Balaban J connectivity index is 1.95. The number of carbonyl (C=O) groups excluding carboxylic acids is 1. The predicted octanol–water partition coefficient (Wildman–Crippen LogP) is 4.25. The Kier molecular flexibility index (Phi) is 3.68. The number of halogens is 2. The van der Waals surface area contributed by atoms with E-state index in [0.29, 0.717) is 24.3 Å². The quantitative estimate of drug-likeness (QED) is 0.792. The molecule has 0 saturated carbocycles. The van der Waals surface area contributed by atoms with E-state index in [9.17, 15) is 9.18 Å². The second-order valence-corrected chi connectivity index (χ2v) is 5.71. The van der Waals surface area contributed by atoms with Crippen LogP contribution in [-0.2, 0) is 21.6 Å². The van der Waals surface area contributed by atoms with Crippen LogP contribution < -0.4 is 0 Å². The molecule has 3 rings (SSSR count). The summed E-state index contributed by atoms with van der Waals surface area (Å²) >= 11 is 5.89. The number of hydrogen-bond donors (Lipinski definition) is 0. The van der Waals surface area contributed by atoms with Crippen LogP contribution in [0, 0.1) is 5.82 Å². The van der Waals surface area contributed by atoms with Crippen LogP contribution in [-0.4, -0.2) is 5.97 Å². The number of cyclic esters (lactones) is 1. The summed E-state index contributed by atoms with van der Waals surface area (Å²) < 4.78 is 18.7. The largest absolute Gasteiger partial charge is 0.454 e. The van der Waals surface area contributed by atoms with Crippen molar-refractivity contribution < 1.29 is 13.9 Å². The first-order valence-corrected chi connectivity index (χ1v) is 7.18. The van der Waals surface area contributed by atoms with Gasteiger partial charge in [0, 0.05) is 24.3 Å². The number of esters is 1. The van der Waals surface area contributed by atoms with E-state index >= 15 is 0 Å². The molecule has 108 valence electrons. The molecule has 0 spiro atoms. The third-order valence-corrected chi connectivity index (χ3v) is 4.07. The van der Waals surface area contributed by atoms with Crippen LogP contribution in [0.15, 0.2) is 48.5 Å². The highest BCUT2D eigenvalue weighted by Gasteiger charge is 2.42. The van der Waals surface area contributed by atoms with Crippen LogP contribution in [0.2, 0.25) is 5.02 Å². The number of hydrogen-bond acceptors (Lipinski definition) is 2. The van der Waals surface area contributed by atoms with Gasteiger partial charge in [-0.05, 0) is 35.4 Å². The fourth-order valence-electron chi connectivity index (χ4n) is 2.74. The van der Waals surface area contributed by atoms with Gasteiger partial charge in [0.15, 0.2) is 0 Å². The summed E-state index contributed by atoms with van der Waals surface area (Å²) in [6, 6.07) is 13.6. The van der Waals surface area contributed by atoms with Crippen molar-refractivity contribution in [2.24, 2.45) is 0 Å². The van der Waals surface area contributed by atoms with Gasteiger partial charge in [-0.25, -0.2) is 4.39 Å². The van der Waals surface area contributed by atoms with Gasteiger partial charge in [-0.3, -0.25) is 4.79 Å². The molecule has 0 bridgehead atoms. The Hall–Kier alpha value is -1.87. The summed E-state index contributed by atoms with van der Waals surface area (Å²) in [5, 5.41) is 0.665. The first-order valence-electron chi connectivity index (χ1n) is 6.80. The van der Waals surface area contributed by atoms with Gasteiger partial charge in [-0.15, -0.1) is 0 Å². The molecule has 1 aliphatic rings. The van der Waals surface area contributed by atoms with Gasteiger partial charge in [0.2, 0.25) is 0 Å². The summed E-state index contributed by atoms with van der Waals surface area (Å²) in [5.41, 5.74) is 1.14. The van der Waals surface area contributed by atoms with E-state index in [2.05, 4.69) is 0 Å². The van der Waals surface area contributed by atoms with E-state index in [1.54, 1.807) is 12.1 Å². The molecule has 2 aromatic rings. The molecule has 0 aromatic heterocycles. The van der Waals surface area contributed by atoms with Gasteiger partial charge in [-0.2, -0.15) is 0 Å². The Labute approximate surface area is 127 Å². The van der Waals surface area contributed by atoms with Crippen LogP contribution in [0.3, 0.4) is 0 Å². The van der Waals surface area contributed by atoms with Gasteiger partial charge in [0.25, 0.3) is 0 Å². The smallest absolute Gasteiger partial charge is 0.306 e. The molecule has 2 aromatic carbocycles. The number of rotatable bonds is 3. The first kappa shape index (κ1) is 14.1. The van der Waals surface area contributed by atoms with Crippen molar-refractivity contribution in [2.75, 3.05) is 0 Å². The minimum atomic E-state index is -0.710. The minimum Gasteiger partial charge on any atom is -0.454 e. The molecule has 0 radical (unpaired) electrons. The maximum atomic E-state index is 13.1. The maximum absolute atomic E-state index is 13.1. The van der Waals surface area contributed by atoms with E-state index in [-0.39, 0.29) is 11.8 Å². The van der Waals surface area contributed by atoms with Crippen molar-refractivity contribution in [3.63, 3.8) is 0 Å². The lowest BCUT2D eigenvalue weighted by Gasteiger charge is -2.28. The van der Waals surface area contributed by atoms with Gasteiger partial charge < -0.3 is 4.74 Å². The van der Waals surface area contributed by atoms with Gasteiger partial charge in [0.1, 0.15) is 11.4 Å². The average Bonchev–Trinajstić information content (AvgIpc) is 2.84. The van der Waals surface area contributed by atoms with E-state index in [4.69, 9.17) is 16.3 Å². The van der Waals surface area contributed by atoms with Crippen molar-refractivity contribution in [3.8, 4) is 0 Å². The van der Waals surface area contributed by atoms with Crippen LogP contribution in [0.4, 0.5) is 4.39 Å². The van der Waals surface area contributed by atoms with E-state index in [0.717, 1.165) is 11.1 Å². The lowest BCUT2D eigenvalue weighted by molar-refractivity contribution is -0.149. The normalized spacial score (nSPS) is 21.3. The molecular weight excluding hydrogens is 291 g/mol. The van der Waals surface area contributed by atoms with Crippen LogP contribution in [0.5, 0.6) is 0 Å². The lowest BCUT2D eigenvalue weighted by atomic mass is 9.85.